The molecular weight excluding hydrogens is 346 g/mol. The van der Waals surface area contributed by atoms with Crippen LogP contribution < -0.4 is 4.72 Å². The number of aryl methyl sites for hydroxylation is 1. The Bertz CT molecular complexity index is 695. The SMILES string of the molecule is Cc1cc(CO)cc(S(=O)(=O)NCc2ccoc2)c1Br. The molecule has 0 amide bonds. The van der Waals surface area contributed by atoms with Crippen molar-refractivity contribution in [1.82, 2.24) is 4.72 Å². The van der Waals surface area contributed by atoms with Gasteiger partial charge < -0.3 is 9.52 Å². The molecule has 0 aliphatic rings. The summed E-state index contributed by atoms with van der Waals surface area (Å²) in [7, 11) is -3.67. The van der Waals surface area contributed by atoms with E-state index in [1.54, 1.807) is 19.1 Å². The van der Waals surface area contributed by atoms with Gasteiger partial charge in [0.1, 0.15) is 0 Å². The highest BCUT2D eigenvalue weighted by Crippen LogP contribution is 2.27. The Morgan fingerprint density at radius 3 is 2.70 bits per heavy atom. The van der Waals surface area contributed by atoms with E-state index in [0.29, 0.717) is 10.0 Å². The van der Waals surface area contributed by atoms with Crippen molar-refractivity contribution in [2.24, 2.45) is 0 Å². The molecular formula is C13H14BrNO4S. The van der Waals surface area contributed by atoms with Gasteiger partial charge in [-0.15, -0.1) is 0 Å². The zero-order chi connectivity index (χ0) is 14.8. The number of furan rings is 1. The zero-order valence-electron chi connectivity index (χ0n) is 10.8. The molecule has 1 aromatic carbocycles. The number of aliphatic hydroxyl groups excluding tert-OH is 1. The summed E-state index contributed by atoms with van der Waals surface area (Å²) in [4.78, 5) is 0.116. The Morgan fingerprint density at radius 2 is 2.10 bits per heavy atom. The van der Waals surface area contributed by atoms with Crippen molar-refractivity contribution in [2.45, 2.75) is 25.0 Å². The van der Waals surface area contributed by atoms with Crippen molar-refractivity contribution in [3.05, 3.63) is 51.9 Å². The van der Waals surface area contributed by atoms with Gasteiger partial charge in [-0.3, -0.25) is 0 Å². The van der Waals surface area contributed by atoms with Crippen molar-refractivity contribution in [3.63, 3.8) is 0 Å². The second kappa shape index (κ2) is 6.09. The van der Waals surface area contributed by atoms with Crippen molar-refractivity contribution < 1.29 is 17.9 Å². The van der Waals surface area contributed by atoms with Crippen molar-refractivity contribution in [2.75, 3.05) is 0 Å². The summed E-state index contributed by atoms with van der Waals surface area (Å²) in [5.41, 5.74) is 2.04. The van der Waals surface area contributed by atoms with Gasteiger partial charge in [-0.05, 0) is 46.1 Å². The van der Waals surface area contributed by atoms with Crippen LogP contribution in [0.2, 0.25) is 0 Å². The maximum absolute atomic E-state index is 12.3. The van der Waals surface area contributed by atoms with Crippen LogP contribution in [0, 0.1) is 6.92 Å². The number of hydrogen-bond donors (Lipinski definition) is 2. The predicted octanol–water partition coefficient (Wildman–Crippen LogP) is 2.32. The third-order valence-electron chi connectivity index (χ3n) is 2.80. The minimum Gasteiger partial charge on any atom is -0.472 e. The van der Waals surface area contributed by atoms with E-state index in [0.717, 1.165) is 11.1 Å². The van der Waals surface area contributed by atoms with E-state index in [4.69, 9.17) is 4.42 Å². The summed E-state index contributed by atoms with van der Waals surface area (Å²) in [5.74, 6) is 0. The molecule has 2 N–H and O–H groups in total. The molecule has 0 saturated heterocycles. The van der Waals surface area contributed by atoms with Crippen LogP contribution in [-0.2, 0) is 23.2 Å². The predicted molar refractivity (Wildman–Crippen MR) is 77.5 cm³/mol. The van der Waals surface area contributed by atoms with Crippen LogP contribution in [0.15, 0.2) is 44.5 Å². The molecule has 0 bridgehead atoms. The molecule has 7 heteroatoms. The third-order valence-corrected chi connectivity index (χ3v) is 5.54. The fourth-order valence-corrected chi connectivity index (χ4v) is 3.83. The maximum Gasteiger partial charge on any atom is 0.242 e. The van der Waals surface area contributed by atoms with Gasteiger partial charge in [0.25, 0.3) is 0 Å². The second-order valence-electron chi connectivity index (χ2n) is 4.34. The molecule has 0 aliphatic heterocycles. The van der Waals surface area contributed by atoms with E-state index in [9.17, 15) is 13.5 Å². The molecule has 1 aromatic heterocycles. The summed E-state index contributed by atoms with van der Waals surface area (Å²) in [6.45, 7) is 1.71. The first kappa shape index (κ1) is 15.2. The monoisotopic (exact) mass is 359 g/mol. The molecule has 5 nitrogen and oxygen atoms in total. The molecule has 2 rings (SSSR count). The van der Waals surface area contributed by atoms with Crippen LogP contribution >= 0.6 is 15.9 Å². The molecule has 20 heavy (non-hydrogen) atoms. The Kier molecular flexibility index (Phi) is 4.64. The number of benzene rings is 1. The lowest BCUT2D eigenvalue weighted by molar-refractivity contribution is 0.281. The minimum atomic E-state index is -3.67. The molecule has 0 spiro atoms. The average molecular weight is 360 g/mol. The number of nitrogens with one attached hydrogen (secondary N) is 1. The van der Waals surface area contributed by atoms with Crippen LogP contribution in [0.5, 0.6) is 0 Å². The van der Waals surface area contributed by atoms with Gasteiger partial charge in [-0.1, -0.05) is 6.07 Å². The van der Waals surface area contributed by atoms with Gasteiger partial charge in [0, 0.05) is 16.6 Å². The molecule has 0 atom stereocenters. The van der Waals surface area contributed by atoms with Gasteiger partial charge in [0.05, 0.1) is 24.0 Å². The van der Waals surface area contributed by atoms with E-state index >= 15 is 0 Å². The normalized spacial score (nSPS) is 11.8. The number of aliphatic hydroxyl groups is 1. The lowest BCUT2D eigenvalue weighted by Crippen LogP contribution is -2.23. The fraction of sp³-hybridized carbons (Fsp3) is 0.231. The first-order valence-corrected chi connectivity index (χ1v) is 8.12. The molecule has 0 radical (unpaired) electrons. The summed E-state index contributed by atoms with van der Waals surface area (Å²) in [6.07, 6.45) is 2.96. The largest absolute Gasteiger partial charge is 0.472 e. The lowest BCUT2D eigenvalue weighted by atomic mass is 10.1. The van der Waals surface area contributed by atoms with Crippen molar-refractivity contribution in [3.8, 4) is 0 Å². The first-order chi connectivity index (χ1) is 9.44. The lowest BCUT2D eigenvalue weighted by Gasteiger charge is -2.11. The number of rotatable bonds is 5. The highest BCUT2D eigenvalue weighted by Gasteiger charge is 2.19. The Labute approximate surface area is 125 Å². The molecule has 0 saturated carbocycles. The smallest absolute Gasteiger partial charge is 0.242 e. The third kappa shape index (κ3) is 3.29. The van der Waals surface area contributed by atoms with Crippen LogP contribution in [0.1, 0.15) is 16.7 Å². The van der Waals surface area contributed by atoms with Crippen molar-refractivity contribution >= 4 is 26.0 Å². The highest BCUT2D eigenvalue weighted by molar-refractivity contribution is 9.10. The molecule has 1 heterocycles. The molecule has 0 unspecified atom stereocenters. The average Bonchev–Trinajstić information content (AvgIpc) is 2.92. The Hall–Kier alpha value is -1.15. The summed E-state index contributed by atoms with van der Waals surface area (Å²) < 4.78 is 32.5. The van der Waals surface area contributed by atoms with E-state index in [2.05, 4.69) is 20.7 Å². The fourth-order valence-electron chi connectivity index (χ4n) is 1.75. The molecule has 0 fully saturated rings. The Balaban J connectivity index is 2.31. The minimum absolute atomic E-state index is 0.116. The van der Waals surface area contributed by atoms with E-state index < -0.39 is 10.0 Å². The van der Waals surface area contributed by atoms with Crippen LogP contribution in [-0.4, -0.2) is 13.5 Å². The van der Waals surface area contributed by atoms with Crippen molar-refractivity contribution in [1.29, 1.82) is 0 Å². The van der Waals surface area contributed by atoms with Gasteiger partial charge in [-0.2, -0.15) is 0 Å². The van der Waals surface area contributed by atoms with E-state index in [1.165, 1.54) is 18.6 Å². The standard InChI is InChI=1S/C13H14BrNO4S/c1-9-4-11(7-16)5-12(13(9)14)20(17,18)15-6-10-2-3-19-8-10/h2-5,8,15-16H,6-7H2,1H3. The summed E-state index contributed by atoms with van der Waals surface area (Å²) >= 11 is 3.28. The molecule has 0 aliphatic carbocycles. The van der Waals surface area contributed by atoms with E-state index in [1.807, 2.05) is 0 Å². The van der Waals surface area contributed by atoms with Crippen LogP contribution in [0.25, 0.3) is 0 Å². The highest BCUT2D eigenvalue weighted by atomic mass is 79.9. The van der Waals surface area contributed by atoms with Gasteiger partial charge in [0.2, 0.25) is 10.0 Å². The summed E-state index contributed by atoms with van der Waals surface area (Å²) in [6, 6.07) is 4.88. The van der Waals surface area contributed by atoms with E-state index in [-0.39, 0.29) is 18.0 Å². The number of halogens is 1. The first-order valence-electron chi connectivity index (χ1n) is 5.84. The van der Waals surface area contributed by atoms with Crippen LogP contribution in [0.3, 0.4) is 0 Å². The van der Waals surface area contributed by atoms with Gasteiger partial charge in [-0.25, -0.2) is 13.1 Å². The topological polar surface area (TPSA) is 79.5 Å². The molecule has 2 aromatic rings. The van der Waals surface area contributed by atoms with Gasteiger partial charge >= 0.3 is 0 Å². The number of sulfonamides is 1. The summed E-state index contributed by atoms with van der Waals surface area (Å²) in [5, 5.41) is 9.18. The Morgan fingerprint density at radius 1 is 1.35 bits per heavy atom. The molecule has 108 valence electrons. The van der Waals surface area contributed by atoms with Gasteiger partial charge in [0.15, 0.2) is 0 Å². The quantitative estimate of drug-likeness (QED) is 0.858. The second-order valence-corrected chi connectivity index (χ2v) is 6.87. The van der Waals surface area contributed by atoms with Crippen LogP contribution in [0.4, 0.5) is 0 Å². The zero-order valence-corrected chi connectivity index (χ0v) is 13.2. The maximum atomic E-state index is 12.3. The number of hydrogen-bond acceptors (Lipinski definition) is 4.